The Bertz CT molecular complexity index is 839. The van der Waals surface area contributed by atoms with Crippen LogP contribution in [-0.2, 0) is 6.54 Å². The van der Waals surface area contributed by atoms with Gasteiger partial charge in [0.1, 0.15) is 12.0 Å². The van der Waals surface area contributed by atoms with E-state index in [1.54, 1.807) is 7.11 Å². The van der Waals surface area contributed by atoms with Gasteiger partial charge < -0.3 is 23.9 Å². The molecule has 162 valence electrons. The quantitative estimate of drug-likeness (QED) is 0.715. The van der Waals surface area contributed by atoms with Gasteiger partial charge in [0.2, 0.25) is 5.89 Å². The van der Waals surface area contributed by atoms with E-state index in [9.17, 15) is 4.79 Å². The van der Waals surface area contributed by atoms with Crippen molar-refractivity contribution in [1.82, 2.24) is 19.7 Å². The minimum Gasteiger partial charge on any atom is -0.495 e. The van der Waals surface area contributed by atoms with E-state index in [-0.39, 0.29) is 5.91 Å². The van der Waals surface area contributed by atoms with Crippen molar-refractivity contribution in [3.63, 3.8) is 0 Å². The van der Waals surface area contributed by atoms with Gasteiger partial charge in [0, 0.05) is 52.4 Å². The van der Waals surface area contributed by atoms with E-state index >= 15 is 0 Å². The molecule has 0 bridgehead atoms. The third kappa shape index (κ3) is 4.60. The number of carbonyl (C=O) groups excluding carboxylic acids is 1. The predicted octanol–water partition coefficient (Wildman–Crippen LogP) is 1.78. The van der Waals surface area contributed by atoms with Crippen LogP contribution in [0.15, 0.2) is 34.9 Å². The number of hydrogen-bond donors (Lipinski definition) is 0. The van der Waals surface area contributed by atoms with Crippen LogP contribution in [0.1, 0.15) is 23.3 Å². The van der Waals surface area contributed by atoms with Crippen molar-refractivity contribution in [3.8, 4) is 5.75 Å². The molecule has 4 rings (SSSR count). The summed E-state index contributed by atoms with van der Waals surface area (Å²) in [7, 11) is 1.71. The Hall–Kier alpha value is -2.58. The summed E-state index contributed by atoms with van der Waals surface area (Å²) in [6.45, 7) is 10.8. The van der Waals surface area contributed by atoms with E-state index < -0.39 is 0 Å². The molecule has 8 heteroatoms. The molecule has 0 spiro atoms. The summed E-state index contributed by atoms with van der Waals surface area (Å²) in [4.78, 5) is 26.1. The third-order valence-corrected chi connectivity index (χ3v) is 6.03. The van der Waals surface area contributed by atoms with E-state index in [1.165, 1.54) is 6.26 Å². The van der Waals surface area contributed by atoms with Gasteiger partial charge in [-0.15, -0.1) is 0 Å². The number of hydrogen-bond acceptors (Lipinski definition) is 7. The number of oxazole rings is 1. The third-order valence-electron chi connectivity index (χ3n) is 6.03. The van der Waals surface area contributed by atoms with E-state index in [0.29, 0.717) is 18.1 Å². The van der Waals surface area contributed by atoms with Gasteiger partial charge >= 0.3 is 0 Å². The highest BCUT2D eigenvalue weighted by Gasteiger charge is 2.25. The van der Waals surface area contributed by atoms with E-state index in [2.05, 4.69) is 32.7 Å². The van der Waals surface area contributed by atoms with Crippen LogP contribution in [0.25, 0.3) is 0 Å². The second-order valence-electron chi connectivity index (χ2n) is 7.79. The van der Waals surface area contributed by atoms with Crippen molar-refractivity contribution in [3.05, 3.63) is 42.1 Å². The van der Waals surface area contributed by atoms with Crippen LogP contribution in [0.5, 0.6) is 5.75 Å². The second kappa shape index (κ2) is 9.49. The van der Waals surface area contributed by atoms with Crippen LogP contribution in [0.2, 0.25) is 0 Å². The highest BCUT2D eigenvalue weighted by atomic mass is 16.5. The molecule has 30 heavy (non-hydrogen) atoms. The fourth-order valence-electron chi connectivity index (χ4n) is 4.14. The van der Waals surface area contributed by atoms with Gasteiger partial charge in [-0.1, -0.05) is 19.1 Å². The number of amides is 1. The number of benzene rings is 1. The largest absolute Gasteiger partial charge is 0.495 e. The average molecular weight is 414 g/mol. The molecule has 3 heterocycles. The Balaban J connectivity index is 1.29. The first-order valence-corrected chi connectivity index (χ1v) is 10.7. The SMILES string of the molecule is CCN1CCN(C(=O)c2coc(CN3CCN(c4ccccc4OC)CC3)n2)CC1. The summed E-state index contributed by atoms with van der Waals surface area (Å²) in [6.07, 6.45) is 1.51. The van der Waals surface area contributed by atoms with Gasteiger partial charge in [-0.2, -0.15) is 0 Å². The lowest BCUT2D eigenvalue weighted by Gasteiger charge is -2.36. The summed E-state index contributed by atoms with van der Waals surface area (Å²) >= 11 is 0. The number of methoxy groups -OCH3 is 1. The van der Waals surface area contributed by atoms with E-state index in [4.69, 9.17) is 9.15 Å². The fraction of sp³-hybridized carbons (Fsp3) is 0.545. The molecule has 1 aromatic heterocycles. The first kappa shape index (κ1) is 20.7. The van der Waals surface area contributed by atoms with Crippen molar-refractivity contribution in [2.24, 2.45) is 0 Å². The van der Waals surface area contributed by atoms with Gasteiger partial charge in [-0.05, 0) is 18.7 Å². The Kier molecular flexibility index (Phi) is 6.54. The zero-order valence-corrected chi connectivity index (χ0v) is 17.9. The zero-order chi connectivity index (χ0) is 20.9. The van der Waals surface area contributed by atoms with Crippen LogP contribution in [0, 0.1) is 0 Å². The maximum Gasteiger partial charge on any atom is 0.275 e. The smallest absolute Gasteiger partial charge is 0.275 e. The molecule has 0 unspecified atom stereocenters. The van der Waals surface area contributed by atoms with Crippen LogP contribution in [0.3, 0.4) is 0 Å². The van der Waals surface area contributed by atoms with Gasteiger partial charge in [0.25, 0.3) is 5.91 Å². The summed E-state index contributed by atoms with van der Waals surface area (Å²) in [5.41, 5.74) is 1.55. The molecule has 1 amide bonds. The molecule has 2 aliphatic rings. The minimum atomic E-state index is -0.0262. The molecule has 2 aromatic rings. The number of aromatic nitrogens is 1. The molecular formula is C22H31N5O3. The lowest BCUT2D eigenvalue weighted by Crippen LogP contribution is -2.48. The van der Waals surface area contributed by atoms with Gasteiger partial charge in [-0.3, -0.25) is 9.69 Å². The molecule has 2 fully saturated rings. The topological polar surface area (TPSA) is 65.3 Å². The van der Waals surface area contributed by atoms with Crippen molar-refractivity contribution in [1.29, 1.82) is 0 Å². The molecule has 1 aromatic carbocycles. The number of piperazine rings is 2. The molecule has 0 radical (unpaired) electrons. The van der Waals surface area contributed by atoms with Crippen LogP contribution < -0.4 is 9.64 Å². The van der Waals surface area contributed by atoms with E-state index in [0.717, 1.165) is 70.3 Å². The first-order valence-electron chi connectivity index (χ1n) is 10.7. The van der Waals surface area contributed by atoms with Crippen molar-refractivity contribution < 1.29 is 13.9 Å². The number of carbonyl (C=O) groups is 1. The Morgan fingerprint density at radius 2 is 1.73 bits per heavy atom. The summed E-state index contributed by atoms with van der Waals surface area (Å²) in [6, 6.07) is 8.12. The summed E-state index contributed by atoms with van der Waals surface area (Å²) in [5, 5.41) is 0. The van der Waals surface area contributed by atoms with Crippen molar-refractivity contribution in [2.75, 3.05) is 70.9 Å². The van der Waals surface area contributed by atoms with Gasteiger partial charge in [0.05, 0.1) is 19.3 Å². The molecule has 0 aliphatic carbocycles. The number of ether oxygens (including phenoxy) is 1. The average Bonchev–Trinajstić information content (AvgIpc) is 3.27. The molecule has 0 saturated carbocycles. The van der Waals surface area contributed by atoms with Crippen LogP contribution in [-0.4, -0.2) is 91.6 Å². The maximum absolute atomic E-state index is 12.7. The summed E-state index contributed by atoms with van der Waals surface area (Å²) in [5.74, 6) is 1.49. The summed E-state index contributed by atoms with van der Waals surface area (Å²) < 4.78 is 11.1. The number of likely N-dealkylation sites (N-methyl/N-ethyl adjacent to an activating group) is 1. The standard InChI is InChI=1S/C22H31N5O3/c1-3-24-8-14-27(15-9-24)22(28)18-17-30-21(23-18)16-25-10-12-26(13-11-25)19-6-4-5-7-20(19)29-2/h4-7,17H,3,8-16H2,1-2H3. The molecule has 8 nitrogen and oxygen atoms in total. The highest BCUT2D eigenvalue weighted by molar-refractivity contribution is 5.92. The Morgan fingerprint density at radius 1 is 1.03 bits per heavy atom. The number of rotatable bonds is 6. The monoisotopic (exact) mass is 413 g/mol. The number of nitrogens with zero attached hydrogens (tertiary/aromatic N) is 5. The van der Waals surface area contributed by atoms with Gasteiger partial charge in [0.15, 0.2) is 5.69 Å². The lowest BCUT2D eigenvalue weighted by atomic mass is 10.2. The molecular weight excluding hydrogens is 382 g/mol. The van der Waals surface area contributed by atoms with Crippen LogP contribution in [0.4, 0.5) is 5.69 Å². The Morgan fingerprint density at radius 3 is 2.43 bits per heavy atom. The van der Waals surface area contributed by atoms with Crippen molar-refractivity contribution in [2.45, 2.75) is 13.5 Å². The molecule has 0 N–H and O–H groups in total. The lowest BCUT2D eigenvalue weighted by molar-refractivity contribution is 0.0637. The van der Waals surface area contributed by atoms with Crippen molar-refractivity contribution >= 4 is 11.6 Å². The minimum absolute atomic E-state index is 0.0262. The molecule has 2 aliphatic heterocycles. The van der Waals surface area contributed by atoms with Gasteiger partial charge in [-0.25, -0.2) is 4.98 Å². The first-order chi connectivity index (χ1) is 14.7. The second-order valence-corrected chi connectivity index (χ2v) is 7.79. The number of anilines is 1. The Labute approximate surface area is 178 Å². The normalized spacial score (nSPS) is 18.6. The molecule has 0 atom stereocenters. The zero-order valence-electron chi connectivity index (χ0n) is 17.9. The maximum atomic E-state index is 12.7. The molecule has 2 saturated heterocycles. The van der Waals surface area contributed by atoms with Crippen LogP contribution >= 0.6 is 0 Å². The number of para-hydroxylation sites is 2. The van der Waals surface area contributed by atoms with E-state index in [1.807, 2.05) is 23.1 Å². The fourth-order valence-corrected chi connectivity index (χ4v) is 4.14. The highest BCUT2D eigenvalue weighted by Crippen LogP contribution is 2.28. The predicted molar refractivity (Wildman–Crippen MR) is 115 cm³/mol.